The van der Waals surface area contributed by atoms with Crippen molar-refractivity contribution in [2.45, 2.75) is 92.4 Å². The van der Waals surface area contributed by atoms with Gasteiger partial charge in [-0.3, -0.25) is 0 Å². The second-order valence-electron chi connectivity index (χ2n) is 16.3. The molecule has 6 aromatic rings. The molecule has 0 radical (unpaired) electrons. The number of aromatic nitrogens is 4. The second kappa shape index (κ2) is 12.5. The lowest BCUT2D eigenvalue weighted by Crippen LogP contribution is -2.18. The van der Waals surface area contributed by atoms with Gasteiger partial charge in [0.25, 0.3) is 0 Å². The van der Waals surface area contributed by atoms with Crippen LogP contribution in [-0.2, 0) is 16.2 Å². The molecule has 250 valence electrons. The quantitative estimate of drug-likeness (QED) is 0.202. The summed E-state index contributed by atoms with van der Waals surface area (Å²) in [5.74, 6) is 1.58. The maximum Gasteiger partial charge on any atom is 0.136 e. The Morgan fingerprint density at radius 2 is 0.980 bits per heavy atom. The molecule has 0 fully saturated rings. The van der Waals surface area contributed by atoms with Crippen molar-refractivity contribution in [3.05, 3.63) is 119 Å². The Labute approximate surface area is 292 Å². The van der Waals surface area contributed by atoms with Crippen LogP contribution >= 0.6 is 0 Å². The van der Waals surface area contributed by atoms with E-state index in [1.807, 2.05) is 24.3 Å². The molecule has 0 bridgehead atoms. The fourth-order valence-electron chi connectivity index (χ4n) is 6.41. The maximum atomic E-state index is 5.38. The normalized spacial score (nSPS) is 12.4. The Bertz CT molecular complexity index is 2150. The lowest BCUT2D eigenvalue weighted by atomic mass is 9.85. The molecule has 5 nitrogen and oxygen atoms in total. The minimum atomic E-state index is -0.182. The second-order valence-corrected chi connectivity index (χ2v) is 16.3. The van der Waals surface area contributed by atoms with E-state index in [0.29, 0.717) is 0 Å². The standard InChI is InChI=1S/C44H49N5/c1-27-16-14-17-28(2)37(27)39-38(45-34-20-12-13-21-35(34)46-39)36-25-23-32(44(9,10)11)41(48-36)49-40-31(43(6,7)8)22-24-33(47-40)29-18-15-19-30(26-29)42(3,4)5/h12-26H,1-11H3,(H,47,48,49). The zero-order valence-electron chi connectivity index (χ0n) is 30.9. The summed E-state index contributed by atoms with van der Waals surface area (Å²) >= 11 is 0. The highest BCUT2D eigenvalue weighted by molar-refractivity contribution is 5.87. The van der Waals surface area contributed by atoms with Crippen LogP contribution in [0.1, 0.15) is 90.1 Å². The van der Waals surface area contributed by atoms with Crippen LogP contribution in [0.3, 0.4) is 0 Å². The van der Waals surface area contributed by atoms with Gasteiger partial charge in [0.15, 0.2) is 0 Å². The number of hydrogen-bond acceptors (Lipinski definition) is 5. The Hall–Kier alpha value is -4.90. The van der Waals surface area contributed by atoms with Gasteiger partial charge in [0.05, 0.1) is 28.1 Å². The van der Waals surface area contributed by atoms with Gasteiger partial charge < -0.3 is 5.32 Å². The highest BCUT2D eigenvalue weighted by Gasteiger charge is 2.26. The first-order chi connectivity index (χ1) is 23.0. The number of nitrogens with one attached hydrogen (secondary N) is 1. The van der Waals surface area contributed by atoms with Gasteiger partial charge >= 0.3 is 0 Å². The van der Waals surface area contributed by atoms with E-state index in [1.165, 1.54) is 5.56 Å². The Morgan fingerprint density at radius 3 is 1.53 bits per heavy atom. The molecule has 3 aromatic heterocycles. The van der Waals surface area contributed by atoms with Crippen molar-refractivity contribution in [1.82, 2.24) is 19.9 Å². The average Bonchev–Trinajstić information content (AvgIpc) is 3.03. The topological polar surface area (TPSA) is 63.6 Å². The Balaban J connectivity index is 1.56. The summed E-state index contributed by atoms with van der Waals surface area (Å²) in [6.45, 7) is 24.3. The molecule has 0 aliphatic rings. The largest absolute Gasteiger partial charge is 0.324 e. The molecule has 0 aliphatic heterocycles. The number of para-hydroxylation sites is 2. The monoisotopic (exact) mass is 647 g/mol. The summed E-state index contributed by atoms with van der Waals surface area (Å²) in [4.78, 5) is 21.1. The highest BCUT2D eigenvalue weighted by atomic mass is 15.1. The van der Waals surface area contributed by atoms with E-state index in [1.54, 1.807) is 0 Å². The van der Waals surface area contributed by atoms with Gasteiger partial charge in [-0.2, -0.15) is 0 Å². The molecule has 0 amide bonds. The fourth-order valence-corrected chi connectivity index (χ4v) is 6.41. The van der Waals surface area contributed by atoms with Crippen molar-refractivity contribution in [2.75, 3.05) is 5.32 Å². The maximum absolute atomic E-state index is 5.38. The number of rotatable bonds is 5. The third-order valence-electron chi connectivity index (χ3n) is 9.20. The van der Waals surface area contributed by atoms with E-state index in [0.717, 1.165) is 78.8 Å². The lowest BCUT2D eigenvalue weighted by molar-refractivity contribution is 0.586. The van der Waals surface area contributed by atoms with Crippen molar-refractivity contribution in [1.29, 1.82) is 0 Å². The van der Waals surface area contributed by atoms with Crippen LogP contribution in [0.2, 0.25) is 0 Å². The molecule has 0 atom stereocenters. The summed E-state index contributed by atoms with van der Waals surface area (Å²) in [6.07, 6.45) is 0. The van der Waals surface area contributed by atoms with Crippen molar-refractivity contribution in [2.24, 2.45) is 0 Å². The number of fused-ring (bicyclic) bond motifs is 1. The van der Waals surface area contributed by atoms with Gasteiger partial charge in [0, 0.05) is 22.3 Å². The smallest absolute Gasteiger partial charge is 0.136 e. The summed E-state index contributed by atoms with van der Waals surface area (Å²) in [6, 6.07) is 31.8. The number of hydrogen-bond donors (Lipinski definition) is 1. The molecule has 0 saturated heterocycles. The molecule has 0 aliphatic carbocycles. The molecule has 1 N–H and O–H groups in total. The molecule has 3 heterocycles. The first kappa shape index (κ1) is 34.0. The predicted octanol–water partition coefficient (Wildman–Crippen LogP) is 11.7. The molecule has 0 unspecified atom stereocenters. The van der Waals surface area contributed by atoms with E-state index in [9.17, 15) is 0 Å². The van der Waals surface area contributed by atoms with Crippen LogP contribution in [-0.4, -0.2) is 19.9 Å². The summed E-state index contributed by atoms with van der Waals surface area (Å²) < 4.78 is 0. The van der Waals surface area contributed by atoms with Crippen molar-refractivity contribution in [3.63, 3.8) is 0 Å². The first-order valence-electron chi connectivity index (χ1n) is 17.3. The number of nitrogens with zero attached hydrogens (tertiary/aromatic N) is 4. The minimum absolute atomic E-state index is 0.0375. The zero-order valence-corrected chi connectivity index (χ0v) is 30.9. The SMILES string of the molecule is Cc1cccc(C)c1-c1nc2ccccc2nc1-c1ccc(C(C)(C)C)c(Nc2nc(-c3cccc(C(C)(C)C)c3)ccc2C(C)(C)C)n1. The van der Waals surface area contributed by atoms with Gasteiger partial charge in [0.2, 0.25) is 0 Å². The third kappa shape index (κ3) is 6.98. The summed E-state index contributed by atoms with van der Waals surface area (Å²) in [7, 11) is 0. The first-order valence-corrected chi connectivity index (χ1v) is 17.3. The van der Waals surface area contributed by atoms with Crippen LogP contribution in [0.25, 0.3) is 44.9 Å². The molecule has 3 aromatic carbocycles. The Morgan fingerprint density at radius 1 is 0.469 bits per heavy atom. The molecule has 6 rings (SSSR count). The van der Waals surface area contributed by atoms with Gasteiger partial charge in [-0.05, 0) is 77.1 Å². The third-order valence-corrected chi connectivity index (χ3v) is 9.20. The Kier molecular flexibility index (Phi) is 8.69. The lowest BCUT2D eigenvalue weighted by Gasteiger charge is -2.27. The van der Waals surface area contributed by atoms with Gasteiger partial charge in [-0.1, -0.05) is 123 Å². The van der Waals surface area contributed by atoms with Crippen molar-refractivity contribution >= 4 is 22.7 Å². The van der Waals surface area contributed by atoms with Crippen LogP contribution in [0.5, 0.6) is 0 Å². The molecule has 0 saturated carbocycles. The predicted molar refractivity (Wildman–Crippen MR) is 207 cm³/mol. The molecule has 5 heteroatoms. The molecule has 0 spiro atoms. The van der Waals surface area contributed by atoms with Crippen LogP contribution in [0, 0.1) is 13.8 Å². The number of pyridine rings is 2. The van der Waals surface area contributed by atoms with Crippen molar-refractivity contribution in [3.8, 4) is 33.9 Å². The van der Waals surface area contributed by atoms with Crippen LogP contribution in [0.15, 0.2) is 91.0 Å². The van der Waals surface area contributed by atoms with Gasteiger partial charge in [-0.15, -0.1) is 0 Å². The van der Waals surface area contributed by atoms with E-state index in [2.05, 4.69) is 148 Å². The average molecular weight is 648 g/mol. The van der Waals surface area contributed by atoms with Crippen LogP contribution < -0.4 is 5.32 Å². The van der Waals surface area contributed by atoms with E-state index >= 15 is 0 Å². The zero-order chi connectivity index (χ0) is 35.3. The number of aryl methyl sites for hydroxylation is 2. The minimum Gasteiger partial charge on any atom is -0.324 e. The van der Waals surface area contributed by atoms with E-state index in [-0.39, 0.29) is 16.2 Å². The van der Waals surface area contributed by atoms with Crippen molar-refractivity contribution < 1.29 is 0 Å². The fraction of sp³-hybridized carbons (Fsp3) is 0.318. The van der Waals surface area contributed by atoms with Crippen LogP contribution in [0.4, 0.5) is 11.6 Å². The van der Waals surface area contributed by atoms with Gasteiger partial charge in [-0.25, -0.2) is 19.9 Å². The summed E-state index contributed by atoms with van der Waals surface area (Å²) in [5, 5.41) is 3.77. The molecular weight excluding hydrogens is 599 g/mol. The van der Waals surface area contributed by atoms with E-state index in [4.69, 9.17) is 19.9 Å². The number of benzene rings is 3. The van der Waals surface area contributed by atoms with Gasteiger partial charge in [0.1, 0.15) is 17.3 Å². The number of anilines is 2. The van der Waals surface area contributed by atoms with E-state index < -0.39 is 0 Å². The molecular formula is C44H49N5. The highest BCUT2D eigenvalue weighted by Crippen LogP contribution is 2.39. The summed E-state index contributed by atoms with van der Waals surface area (Å²) in [5.41, 5.74) is 12.7. The molecule has 49 heavy (non-hydrogen) atoms.